The lowest BCUT2D eigenvalue weighted by Crippen LogP contribution is -1.85. The van der Waals surface area contributed by atoms with Crippen molar-refractivity contribution in [2.45, 2.75) is 13.8 Å². The monoisotopic (exact) mass is 184 g/mol. The number of carbonyl (C=O) groups is 1. The summed E-state index contributed by atoms with van der Waals surface area (Å²) in [5.41, 5.74) is 0. The van der Waals surface area contributed by atoms with Crippen molar-refractivity contribution in [3.63, 3.8) is 0 Å². The predicted molar refractivity (Wildman–Crippen MR) is 51.5 cm³/mol. The minimum Gasteiger partial charge on any atom is -0.370 e. The maximum atomic E-state index is 9.50. The molecule has 1 heterocycles. The van der Waals surface area contributed by atoms with Gasteiger partial charge in [-0.1, -0.05) is 19.1 Å². The van der Waals surface area contributed by atoms with Crippen molar-refractivity contribution in [3.8, 4) is 0 Å². The normalized spacial score (nSPS) is 9.00. The fraction of sp³-hybridized carbons (Fsp3) is 0.625. The third-order valence-electron chi connectivity index (χ3n) is 1.13. The molecule has 1 aromatic rings. The number of carbonyl (C=O) groups excluding carboxylic acids is 1. The summed E-state index contributed by atoms with van der Waals surface area (Å²) in [6.07, 6.45) is 2.72. The van der Waals surface area contributed by atoms with E-state index < -0.39 is 0 Å². The van der Waals surface area contributed by atoms with Gasteiger partial charge in [0.1, 0.15) is 6.29 Å². The molecule has 74 valence electrons. The average Bonchev–Trinajstić information content (AvgIpc) is 2.52. The Bertz CT molecular complexity index is 244. The molecule has 0 bridgehead atoms. The van der Waals surface area contributed by atoms with Crippen LogP contribution in [0.2, 0.25) is 0 Å². The highest BCUT2D eigenvalue weighted by molar-refractivity contribution is 5.51. The van der Waals surface area contributed by atoms with E-state index in [1.54, 1.807) is 10.9 Å². The molecular weight excluding hydrogens is 168 g/mol. The van der Waals surface area contributed by atoms with Crippen molar-refractivity contribution >= 4 is 12.1 Å². The zero-order chi connectivity index (χ0) is 10.3. The number of nitrogens with one attached hydrogen (secondary N) is 1. The molecule has 0 atom stereocenters. The van der Waals surface area contributed by atoms with Crippen molar-refractivity contribution in [2.24, 2.45) is 13.0 Å². The van der Waals surface area contributed by atoms with Gasteiger partial charge in [0.15, 0.2) is 5.82 Å². The molecule has 5 heteroatoms. The van der Waals surface area contributed by atoms with Gasteiger partial charge in [-0.2, -0.15) is 0 Å². The number of aryl methyl sites for hydroxylation is 1. The number of hydrogen-bond acceptors (Lipinski definition) is 4. The SMILES string of the molecule is CC(C)C=O.CNc1cn(C)nn1. The van der Waals surface area contributed by atoms with E-state index in [2.05, 4.69) is 15.6 Å². The van der Waals surface area contributed by atoms with Crippen LogP contribution in [0.15, 0.2) is 6.20 Å². The summed E-state index contributed by atoms with van der Waals surface area (Å²) in [6.45, 7) is 3.71. The van der Waals surface area contributed by atoms with Crippen LogP contribution in [0, 0.1) is 5.92 Å². The Morgan fingerprint density at radius 2 is 2.15 bits per heavy atom. The summed E-state index contributed by atoms with van der Waals surface area (Å²) < 4.78 is 1.64. The van der Waals surface area contributed by atoms with Crippen LogP contribution < -0.4 is 5.32 Å². The number of aromatic nitrogens is 3. The molecule has 0 radical (unpaired) electrons. The number of nitrogens with zero attached hydrogens (tertiary/aromatic N) is 3. The van der Waals surface area contributed by atoms with E-state index in [1.165, 1.54) is 0 Å². The van der Waals surface area contributed by atoms with Crippen LogP contribution >= 0.6 is 0 Å². The molecule has 0 unspecified atom stereocenters. The second-order valence-corrected chi connectivity index (χ2v) is 2.91. The molecule has 0 saturated carbocycles. The Kier molecular flexibility index (Phi) is 5.50. The first-order chi connectivity index (χ1) is 6.10. The first-order valence-corrected chi connectivity index (χ1v) is 4.09. The second-order valence-electron chi connectivity index (χ2n) is 2.91. The number of hydrogen-bond donors (Lipinski definition) is 1. The number of rotatable bonds is 2. The highest BCUT2D eigenvalue weighted by Crippen LogP contribution is 1.93. The van der Waals surface area contributed by atoms with Gasteiger partial charge in [0.05, 0.1) is 6.20 Å². The highest BCUT2D eigenvalue weighted by atomic mass is 16.1. The van der Waals surface area contributed by atoms with Crippen molar-refractivity contribution in [1.82, 2.24) is 15.0 Å². The summed E-state index contributed by atoms with van der Waals surface area (Å²) in [6, 6.07) is 0. The lowest BCUT2D eigenvalue weighted by atomic mass is 10.3. The van der Waals surface area contributed by atoms with E-state index in [1.807, 2.05) is 27.9 Å². The molecule has 0 aliphatic carbocycles. The number of aldehydes is 1. The molecule has 0 fully saturated rings. The van der Waals surface area contributed by atoms with E-state index >= 15 is 0 Å². The standard InChI is InChI=1S/C4H8N4.C4H8O/c1-5-4-3-8(2)7-6-4;1-4(2)3-5/h3,5H,1-2H3;3-4H,1-2H3. The van der Waals surface area contributed by atoms with Crippen molar-refractivity contribution in [1.29, 1.82) is 0 Å². The minimum absolute atomic E-state index is 0.204. The summed E-state index contributed by atoms with van der Waals surface area (Å²) in [7, 11) is 3.64. The van der Waals surface area contributed by atoms with Gasteiger partial charge >= 0.3 is 0 Å². The van der Waals surface area contributed by atoms with Crippen LogP contribution in [-0.4, -0.2) is 28.3 Å². The molecule has 13 heavy (non-hydrogen) atoms. The Hall–Kier alpha value is -1.39. The van der Waals surface area contributed by atoms with Gasteiger partial charge in [-0.25, -0.2) is 0 Å². The lowest BCUT2D eigenvalue weighted by Gasteiger charge is -1.83. The van der Waals surface area contributed by atoms with Gasteiger partial charge < -0.3 is 10.1 Å². The summed E-state index contributed by atoms with van der Waals surface area (Å²) in [5.74, 6) is 1.00. The lowest BCUT2D eigenvalue weighted by molar-refractivity contribution is -0.110. The highest BCUT2D eigenvalue weighted by Gasteiger charge is 1.88. The quantitative estimate of drug-likeness (QED) is 0.687. The summed E-state index contributed by atoms with van der Waals surface area (Å²) >= 11 is 0. The molecule has 1 aromatic heterocycles. The van der Waals surface area contributed by atoms with E-state index in [-0.39, 0.29) is 5.92 Å². The molecule has 0 saturated heterocycles. The average molecular weight is 184 g/mol. The Balaban J connectivity index is 0.000000252. The molecule has 0 aliphatic heterocycles. The van der Waals surface area contributed by atoms with Crippen LogP contribution in [0.3, 0.4) is 0 Å². The molecule has 0 spiro atoms. The first kappa shape index (κ1) is 11.6. The topological polar surface area (TPSA) is 59.8 Å². The van der Waals surface area contributed by atoms with Crippen LogP contribution in [0.5, 0.6) is 0 Å². The third kappa shape index (κ3) is 5.84. The zero-order valence-electron chi connectivity index (χ0n) is 8.48. The van der Waals surface area contributed by atoms with E-state index in [9.17, 15) is 4.79 Å². The summed E-state index contributed by atoms with van der Waals surface area (Å²) in [5, 5.41) is 10.3. The zero-order valence-corrected chi connectivity index (χ0v) is 8.48. The van der Waals surface area contributed by atoms with Crippen LogP contribution in [-0.2, 0) is 11.8 Å². The second kappa shape index (κ2) is 6.16. The smallest absolute Gasteiger partial charge is 0.168 e. The fourth-order valence-corrected chi connectivity index (χ4v) is 0.462. The van der Waals surface area contributed by atoms with Crippen molar-refractivity contribution in [3.05, 3.63) is 6.20 Å². The largest absolute Gasteiger partial charge is 0.370 e. The Labute approximate surface area is 78.1 Å². The first-order valence-electron chi connectivity index (χ1n) is 4.09. The maximum Gasteiger partial charge on any atom is 0.168 e. The molecule has 1 rings (SSSR count). The van der Waals surface area contributed by atoms with Gasteiger partial charge in [-0.05, 0) is 0 Å². The molecule has 0 amide bonds. The maximum absolute atomic E-state index is 9.50. The van der Waals surface area contributed by atoms with Gasteiger partial charge in [-0.3, -0.25) is 4.68 Å². The van der Waals surface area contributed by atoms with Crippen LogP contribution in [0.25, 0.3) is 0 Å². The van der Waals surface area contributed by atoms with E-state index in [0.29, 0.717) is 0 Å². The number of anilines is 1. The molecule has 1 N–H and O–H groups in total. The minimum atomic E-state index is 0.204. The van der Waals surface area contributed by atoms with Gasteiger partial charge in [-0.15, -0.1) is 5.10 Å². The van der Waals surface area contributed by atoms with Gasteiger partial charge in [0.2, 0.25) is 0 Å². The van der Waals surface area contributed by atoms with Crippen molar-refractivity contribution < 1.29 is 4.79 Å². The van der Waals surface area contributed by atoms with Crippen molar-refractivity contribution in [2.75, 3.05) is 12.4 Å². The molecule has 5 nitrogen and oxygen atoms in total. The Morgan fingerprint density at radius 3 is 2.31 bits per heavy atom. The fourth-order valence-electron chi connectivity index (χ4n) is 0.462. The molecule has 0 aromatic carbocycles. The van der Waals surface area contributed by atoms with E-state index in [0.717, 1.165) is 12.1 Å². The third-order valence-corrected chi connectivity index (χ3v) is 1.13. The molecular formula is C8H16N4O. The molecule has 0 aliphatic rings. The Morgan fingerprint density at radius 1 is 1.62 bits per heavy atom. The van der Waals surface area contributed by atoms with Gasteiger partial charge in [0, 0.05) is 20.0 Å². The summed E-state index contributed by atoms with van der Waals surface area (Å²) in [4.78, 5) is 9.50. The predicted octanol–water partition coefficient (Wildman–Crippen LogP) is 0.698. The van der Waals surface area contributed by atoms with Gasteiger partial charge in [0.25, 0.3) is 0 Å². The van der Waals surface area contributed by atoms with Crippen LogP contribution in [0.4, 0.5) is 5.82 Å². The van der Waals surface area contributed by atoms with E-state index in [4.69, 9.17) is 0 Å². The van der Waals surface area contributed by atoms with Crippen LogP contribution in [0.1, 0.15) is 13.8 Å².